The molecule has 0 saturated carbocycles. The maximum atomic E-state index is 13.0. The fourth-order valence-electron chi connectivity index (χ4n) is 3.17. The third-order valence-electron chi connectivity index (χ3n) is 4.27. The van der Waals surface area contributed by atoms with Crippen molar-refractivity contribution < 1.29 is 9.18 Å². The number of benzene rings is 1. The summed E-state index contributed by atoms with van der Waals surface area (Å²) in [6, 6.07) is 6.72. The first-order valence-corrected chi connectivity index (χ1v) is 7.60. The number of aryl methyl sites for hydroxylation is 2. The van der Waals surface area contributed by atoms with Crippen LogP contribution in [0.4, 0.5) is 4.39 Å². The average molecular weight is 301 g/mol. The zero-order valence-corrected chi connectivity index (χ0v) is 12.9. The lowest BCUT2D eigenvalue weighted by Crippen LogP contribution is -2.37. The molecule has 1 saturated heterocycles. The summed E-state index contributed by atoms with van der Waals surface area (Å²) in [7, 11) is 1.82. The van der Waals surface area contributed by atoms with Crippen molar-refractivity contribution in [3.63, 3.8) is 0 Å². The Kier molecular flexibility index (Phi) is 3.96. The molecule has 1 aliphatic heterocycles. The van der Waals surface area contributed by atoms with Crippen LogP contribution >= 0.6 is 0 Å². The molecular formula is C17H20FN3O. The minimum absolute atomic E-state index is 0.0511. The van der Waals surface area contributed by atoms with Gasteiger partial charge in [0.05, 0.1) is 11.3 Å². The SMILES string of the molecule is Cc1nn(C)cc1C(=O)N1CCCC1Cc1ccc(F)cc1. The van der Waals surface area contributed by atoms with Crippen molar-refractivity contribution in [1.29, 1.82) is 0 Å². The molecular weight excluding hydrogens is 281 g/mol. The molecule has 1 amide bonds. The Morgan fingerprint density at radius 1 is 1.36 bits per heavy atom. The van der Waals surface area contributed by atoms with Gasteiger partial charge in [0, 0.05) is 25.8 Å². The van der Waals surface area contributed by atoms with Gasteiger partial charge in [-0.3, -0.25) is 9.48 Å². The van der Waals surface area contributed by atoms with Gasteiger partial charge in [0.2, 0.25) is 0 Å². The van der Waals surface area contributed by atoms with E-state index in [-0.39, 0.29) is 17.8 Å². The Labute approximate surface area is 129 Å². The van der Waals surface area contributed by atoms with E-state index in [1.54, 1.807) is 23.0 Å². The summed E-state index contributed by atoms with van der Waals surface area (Å²) < 4.78 is 14.7. The molecule has 3 rings (SSSR count). The van der Waals surface area contributed by atoms with Crippen LogP contribution in [0.1, 0.15) is 34.5 Å². The first-order chi connectivity index (χ1) is 10.5. The van der Waals surface area contributed by atoms with Crippen molar-refractivity contribution in [1.82, 2.24) is 14.7 Å². The molecule has 1 fully saturated rings. The highest BCUT2D eigenvalue weighted by atomic mass is 19.1. The second-order valence-electron chi connectivity index (χ2n) is 5.93. The summed E-state index contributed by atoms with van der Waals surface area (Å²) in [6.07, 6.45) is 4.55. The van der Waals surface area contributed by atoms with E-state index < -0.39 is 0 Å². The summed E-state index contributed by atoms with van der Waals surface area (Å²) in [5.41, 5.74) is 2.50. The normalized spacial score (nSPS) is 18.0. The van der Waals surface area contributed by atoms with Crippen LogP contribution in [0.5, 0.6) is 0 Å². The first-order valence-electron chi connectivity index (χ1n) is 7.60. The number of carbonyl (C=O) groups is 1. The summed E-state index contributed by atoms with van der Waals surface area (Å²) in [5, 5.41) is 4.25. The standard InChI is InChI=1S/C17H20FN3O/c1-12-16(11-20(2)19-12)17(22)21-9-3-4-15(21)10-13-5-7-14(18)8-6-13/h5-8,11,15H,3-4,9-10H2,1-2H3. The lowest BCUT2D eigenvalue weighted by molar-refractivity contribution is 0.0735. The average Bonchev–Trinajstić information content (AvgIpc) is 3.07. The van der Waals surface area contributed by atoms with Gasteiger partial charge in [0.1, 0.15) is 5.82 Å². The van der Waals surface area contributed by atoms with E-state index in [4.69, 9.17) is 0 Å². The van der Waals surface area contributed by atoms with Crippen LogP contribution in [0.15, 0.2) is 30.5 Å². The number of hydrogen-bond acceptors (Lipinski definition) is 2. The van der Waals surface area contributed by atoms with E-state index in [0.29, 0.717) is 5.56 Å². The number of carbonyl (C=O) groups excluding carboxylic acids is 1. The minimum Gasteiger partial charge on any atom is -0.335 e. The molecule has 0 spiro atoms. The van der Waals surface area contributed by atoms with Crippen LogP contribution in [0.25, 0.3) is 0 Å². The van der Waals surface area contributed by atoms with E-state index in [0.717, 1.165) is 37.1 Å². The molecule has 0 bridgehead atoms. The van der Waals surface area contributed by atoms with Gasteiger partial charge in [-0.05, 0) is 43.9 Å². The smallest absolute Gasteiger partial charge is 0.257 e. The molecule has 116 valence electrons. The zero-order valence-electron chi connectivity index (χ0n) is 12.9. The van der Waals surface area contributed by atoms with E-state index in [2.05, 4.69) is 5.10 Å². The fourth-order valence-corrected chi connectivity index (χ4v) is 3.17. The summed E-state index contributed by atoms with van der Waals surface area (Å²) >= 11 is 0. The minimum atomic E-state index is -0.228. The quantitative estimate of drug-likeness (QED) is 0.874. The topological polar surface area (TPSA) is 38.1 Å². The van der Waals surface area contributed by atoms with Crippen LogP contribution in [-0.2, 0) is 13.5 Å². The number of rotatable bonds is 3. The third-order valence-corrected chi connectivity index (χ3v) is 4.27. The number of amides is 1. The number of nitrogens with zero attached hydrogens (tertiary/aromatic N) is 3. The molecule has 0 aliphatic carbocycles. The molecule has 1 atom stereocenters. The molecule has 2 heterocycles. The van der Waals surface area contributed by atoms with Gasteiger partial charge in [-0.15, -0.1) is 0 Å². The second-order valence-corrected chi connectivity index (χ2v) is 5.93. The number of likely N-dealkylation sites (tertiary alicyclic amines) is 1. The predicted molar refractivity (Wildman–Crippen MR) is 82.1 cm³/mol. The van der Waals surface area contributed by atoms with Gasteiger partial charge >= 0.3 is 0 Å². The summed E-state index contributed by atoms with van der Waals surface area (Å²) in [5.74, 6) is -0.177. The molecule has 1 aliphatic rings. The van der Waals surface area contributed by atoms with Gasteiger partial charge in [0.25, 0.3) is 5.91 Å². The molecule has 0 N–H and O–H groups in total. The Morgan fingerprint density at radius 3 is 2.73 bits per heavy atom. The molecule has 22 heavy (non-hydrogen) atoms. The van der Waals surface area contributed by atoms with Crippen LogP contribution in [0.3, 0.4) is 0 Å². The van der Waals surface area contributed by atoms with Crippen LogP contribution in [0, 0.1) is 12.7 Å². The molecule has 1 unspecified atom stereocenters. The summed E-state index contributed by atoms with van der Waals surface area (Å²) in [6.45, 7) is 2.64. The van der Waals surface area contributed by atoms with Crippen molar-refractivity contribution in [2.75, 3.05) is 6.54 Å². The van der Waals surface area contributed by atoms with Crippen molar-refractivity contribution in [3.05, 3.63) is 53.1 Å². The molecule has 4 nitrogen and oxygen atoms in total. The van der Waals surface area contributed by atoms with Gasteiger partial charge in [-0.25, -0.2) is 4.39 Å². The van der Waals surface area contributed by atoms with Crippen LogP contribution in [-0.4, -0.2) is 33.2 Å². The first kappa shape index (κ1) is 14.8. The zero-order chi connectivity index (χ0) is 15.7. The monoisotopic (exact) mass is 301 g/mol. The van der Waals surface area contributed by atoms with Crippen molar-refractivity contribution in [3.8, 4) is 0 Å². The maximum Gasteiger partial charge on any atom is 0.257 e. The van der Waals surface area contributed by atoms with Crippen LogP contribution in [0.2, 0.25) is 0 Å². The molecule has 2 aromatic rings. The van der Waals surface area contributed by atoms with Gasteiger partial charge < -0.3 is 4.90 Å². The number of halogens is 1. The highest BCUT2D eigenvalue weighted by molar-refractivity contribution is 5.95. The highest BCUT2D eigenvalue weighted by Crippen LogP contribution is 2.24. The van der Waals surface area contributed by atoms with E-state index in [1.165, 1.54) is 12.1 Å². The largest absolute Gasteiger partial charge is 0.335 e. The highest BCUT2D eigenvalue weighted by Gasteiger charge is 2.30. The van der Waals surface area contributed by atoms with E-state index in [1.807, 2.05) is 18.9 Å². The Balaban J connectivity index is 1.76. The van der Waals surface area contributed by atoms with Gasteiger partial charge in [0.15, 0.2) is 0 Å². The van der Waals surface area contributed by atoms with Gasteiger partial charge in [-0.2, -0.15) is 5.10 Å². The molecule has 0 radical (unpaired) electrons. The fraction of sp³-hybridized carbons (Fsp3) is 0.412. The van der Waals surface area contributed by atoms with Gasteiger partial charge in [-0.1, -0.05) is 12.1 Å². The van der Waals surface area contributed by atoms with Crippen LogP contribution < -0.4 is 0 Å². The Hall–Kier alpha value is -2.17. The number of aromatic nitrogens is 2. The second kappa shape index (κ2) is 5.91. The molecule has 1 aromatic heterocycles. The third kappa shape index (κ3) is 2.89. The Morgan fingerprint density at radius 2 is 2.09 bits per heavy atom. The Bertz CT molecular complexity index is 678. The van der Waals surface area contributed by atoms with Crippen molar-refractivity contribution in [2.45, 2.75) is 32.2 Å². The number of hydrogen-bond donors (Lipinski definition) is 0. The predicted octanol–water partition coefficient (Wildman–Crippen LogP) is 2.71. The lowest BCUT2D eigenvalue weighted by Gasteiger charge is -2.24. The molecule has 5 heteroatoms. The lowest BCUT2D eigenvalue weighted by atomic mass is 10.0. The molecule has 1 aromatic carbocycles. The van der Waals surface area contributed by atoms with E-state index in [9.17, 15) is 9.18 Å². The maximum absolute atomic E-state index is 13.0. The van der Waals surface area contributed by atoms with E-state index >= 15 is 0 Å². The van der Waals surface area contributed by atoms with Crippen molar-refractivity contribution in [2.24, 2.45) is 7.05 Å². The summed E-state index contributed by atoms with van der Waals surface area (Å²) in [4.78, 5) is 14.7. The van der Waals surface area contributed by atoms with Crippen molar-refractivity contribution >= 4 is 5.91 Å².